The molecule has 176 valence electrons. The highest BCUT2D eigenvalue weighted by atomic mass is 16.5. The van der Waals surface area contributed by atoms with E-state index in [2.05, 4.69) is 42.5 Å². The molecule has 0 spiro atoms. The van der Waals surface area contributed by atoms with E-state index in [0.717, 1.165) is 48.9 Å². The van der Waals surface area contributed by atoms with E-state index in [1.807, 2.05) is 30.6 Å². The van der Waals surface area contributed by atoms with Crippen molar-refractivity contribution >= 4 is 0 Å². The molecule has 0 aliphatic heterocycles. The van der Waals surface area contributed by atoms with Crippen molar-refractivity contribution in [1.29, 1.82) is 0 Å². The number of hydrogen-bond donors (Lipinski definition) is 0. The maximum atomic E-state index is 5.90. The van der Waals surface area contributed by atoms with Gasteiger partial charge in [0.2, 0.25) is 0 Å². The molecule has 3 nitrogen and oxygen atoms in total. The molecule has 0 aliphatic carbocycles. The van der Waals surface area contributed by atoms with E-state index in [0.29, 0.717) is 0 Å². The van der Waals surface area contributed by atoms with Crippen LogP contribution < -0.4 is 4.74 Å². The highest BCUT2D eigenvalue weighted by molar-refractivity contribution is 5.55. The van der Waals surface area contributed by atoms with Crippen molar-refractivity contribution in [3.05, 3.63) is 54.9 Å². The predicted octanol–water partition coefficient (Wildman–Crippen LogP) is 8.59. The lowest BCUT2D eigenvalue weighted by Crippen LogP contribution is -1.98. The van der Waals surface area contributed by atoms with Crippen molar-refractivity contribution in [3.8, 4) is 17.1 Å². The first-order chi connectivity index (χ1) is 15.7. The molecule has 0 saturated heterocycles. The van der Waals surface area contributed by atoms with Gasteiger partial charge in [0.15, 0.2) is 5.82 Å². The van der Waals surface area contributed by atoms with Gasteiger partial charge in [-0.2, -0.15) is 0 Å². The number of benzene rings is 1. The first-order valence-corrected chi connectivity index (χ1v) is 12.9. The van der Waals surface area contributed by atoms with Gasteiger partial charge in [-0.05, 0) is 67.9 Å². The van der Waals surface area contributed by atoms with Gasteiger partial charge in [-0.3, -0.25) is 0 Å². The van der Waals surface area contributed by atoms with Crippen molar-refractivity contribution < 1.29 is 4.74 Å². The van der Waals surface area contributed by atoms with Gasteiger partial charge in [0.05, 0.1) is 6.61 Å². The van der Waals surface area contributed by atoms with Crippen LogP contribution in [0.2, 0.25) is 0 Å². The average Bonchev–Trinajstić information content (AvgIpc) is 2.83. The highest BCUT2D eigenvalue weighted by Crippen LogP contribution is 2.20. The number of hydrogen-bond acceptors (Lipinski definition) is 3. The van der Waals surface area contributed by atoms with Crippen LogP contribution in [0.4, 0.5) is 0 Å². The second-order valence-electron chi connectivity index (χ2n) is 9.10. The van der Waals surface area contributed by atoms with Crippen LogP contribution in [0.3, 0.4) is 0 Å². The molecule has 3 heteroatoms. The smallest absolute Gasteiger partial charge is 0.159 e. The SMILES string of the molecule is C=CCCCCCCCCCOc1ccc(-c2ncc(CCCCC(C)CC)cn2)cc1. The zero-order valence-corrected chi connectivity index (χ0v) is 20.5. The van der Waals surface area contributed by atoms with Crippen LogP contribution >= 0.6 is 0 Å². The normalized spacial score (nSPS) is 11.9. The summed E-state index contributed by atoms with van der Waals surface area (Å²) in [6, 6.07) is 8.17. The molecule has 0 aliphatic rings. The van der Waals surface area contributed by atoms with Crippen molar-refractivity contribution in [2.75, 3.05) is 6.61 Å². The Kier molecular flexibility index (Phi) is 13.4. The molecule has 32 heavy (non-hydrogen) atoms. The minimum Gasteiger partial charge on any atom is -0.494 e. The zero-order valence-electron chi connectivity index (χ0n) is 20.5. The van der Waals surface area contributed by atoms with Crippen molar-refractivity contribution in [1.82, 2.24) is 9.97 Å². The Hall–Kier alpha value is -2.16. The van der Waals surface area contributed by atoms with E-state index >= 15 is 0 Å². The van der Waals surface area contributed by atoms with Crippen molar-refractivity contribution in [3.63, 3.8) is 0 Å². The second-order valence-corrected chi connectivity index (χ2v) is 9.10. The molecule has 1 atom stereocenters. The second kappa shape index (κ2) is 16.5. The summed E-state index contributed by atoms with van der Waals surface area (Å²) >= 11 is 0. The third-order valence-electron chi connectivity index (χ3n) is 6.25. The summed E-state index contributed by atoms with van der Waals surface area (Å²) in [4.78, 5) is 9.16. The summed E-state index contributed by atoms with van der Waals surface area (Å²) in [7, 11) is 0. The number of nitrogens with zero attached hydrogens (tertiary/aromatic N) is 2. The number of aryl methyl sites for hydroxylation is 1. The van der Waals surface area contributed by atoms with Crippen LogP contribution in [-0.4, -0.2) is 16.6 Å². The van der Waals surface area contributed by atoms with E-state index in [9.17, 15) is 0 Å². The zero-order chi connectivity index (χ0) is 22.9. The Labute approximate surface area is 196 Å². The Morgan fingerprint density at radius 3 is 2.19 bits per heavy atom. The van der Waals surface area contributed by atoms with Gasteiger partial charge in [0.25, 0.3) is 0 Å². The maximum Gasteiger partial charge on any atom is 0.159 e. The van der Waals surface area contributed by atoms with Crippen LogP contribution in [0.25, 0.3) is 11.4 Å². The molecule has 0 saturated carbocycles. The van der Waals surface area contributed by atoms with Gasteiger partial charge < -0.3 is 4.74 Å². The molecule has 1 unspecified atom stereocenters. The standard InChI is InChI=1S/C29H44N2O/c1-4-6-7-8-9-10-11-12-15-22-32-28-20-18-27(19-21-28)29-30-23-26(24-31-29)17-14-13-16-25(3)5-2/h4,18-21,23-25H,1,5-17,22H2,2-3H3. The van der Waals surface area contributed by atoms with E-state index < -0.39 is 0 Å². The number of aromatic nitrogens is 2. The number of allylic oxidation sites excluding steroid dienone is 1. The first-order valence-electron chi connectivity index (χ1n) is 12.9. The minimum atomic E-state index is 0.785. The molecule has 2 rings (SSSR count). The number of rotatable bonds is 18. The van der Waals surface area contributed by atoms with E-state index in [1.165, 1.54) is 69.8 Å². The largest absolute Gasteiger partial charge is 0.494 e. The molecule has 1 heterocycles. The molecule has 0 radical (unpaired) electrons. The Bertz CT molecular complexity index is 724. The van der Waals surface area contributed by atoms with E-state index in [1.54, 1.807) is 0 Å². The van der Waals surface area contributed by atoms with Crippen LogP contribution in [0, 0.1) is 5.92 Å². The predicted molar refractivity (Wildman–Crippen MR) is 137 cm³/mol. The molecule has 0 fully saturated rings. The third kappa shape index (κ3) is 10.9. The third-order valence-corrected chi connectivity index (χ3v) is 6.25. The fourth-order valence-electron chi connectivity index (χ4n) is 3.82. The number of ether oxygens (including phenoxy) is 1. The summed E-state index contributed by atoms with van der Waals surface area (Å²) in [5.74, 6) is 2.55. The molecule has 2 aromatic rings. The van der Waals surface area contributed by atoms with Crippen molar-refractivity contribution in [2.45, 2.75) is 97.3 Å². The van der Waals surface area contributed by atoms with Gasteiger partial charge in [-0.1, -0.05) is 71.3 Å². The highest BCUT2D eigenvalue weighted by Gasteiger charge is 2.04. The summed E-state index contributed by atoms with van der Waals surface area (Å²) in [6.45, 7) is 9.17. The van der Waals surface area contributed by atoms with Gasteiger partial charge in [0.1, 0.15) is 5.75 Å². The maximum absolute atomic E-state index is 5.90. The molecule has 0 bridgehead atoms. The monoisotopic (exact) mass is 436 g/mol. The van der Waals surface area contributed by atoms with Crippen LogP contribution in [-0.2, 0) is 6.42 Å². The molecular formula is C29H44N2O. The lowest BCUT2D eigenvalue weighted by atomic mass is 10.00. The van der Waals surface area contributed by atoms with Crippen molar-refractivity contribution in [2.24, 2.45) is 5.92 Å². The molecular weight excluding hydrogens is 392 g/mol. The van der Waals surface area contributed by atoms with Crippen LogP contribution in [0.5, 0.6) is 5.75 Å². The molecule has 1 aromatic heterocycles. The fraction of sp³-hybridized carbons (Fsp3) is 0.586. The summed E-state index contributed by atoms with van der Waals surface area (Å²) in [5, 5.41) is 0. The molecule has 1 aromatic carbocycles. The summed E-state index contributed by atoms with van der Waals surface area (Å²) in [5.41, 5.74) is 2.27. The lowest BCUT2D eigenvalue weighted by molar-refractivity contribution is 0.304. The Morgan fingerprint density at radius 2 is 1.53 bits per heavy atom. The topological polar surface area (TPSA) is 35.0 Å². The minimum absolute atomic E-state index is 0.785. The summed E-state index contributed by atoms with van der Waals surface area (Å²) < 4.78 is 5.90. The quantitative estimate of drug-likeness (QED) is 0.173. The summed E-state index contributed by atoms with van der Waals surface area (Å²) in [6.07, 6.45) is 22.3. The first kappa shape index (κ1) is 26.1. The Morgan fingerprint density at radius 1 is 0.875 bits per heavy atom. The van der Waals surface area contributed by atoms with Gasteiger partial charge >= 0.3 is 0 Å². The molecule has 0 amide bonds. The Balaban J connectivity index is 1.62. The van der Waals surface area contributed by atoms with Gasteiger partial charge in [0, 0.05) is 18.0 Å². The molecule has 0 N–H and O–H groups in total. The van der Waals surface area contributed by atoms with E-state index in [4.69, 9.17) is 4.74 Å². The van der Waals surface area contributed by atoms with E-state index in [-0.39, 0.29) is 0 Å². The lowest BCUT2D eigenvalue weighted by Gasteiger charge is -2.08. The van der Waals surface area contributed by atoms with Crippen LogP contribution in [0.1, 0.15) is 96.5 Å². The fourth-order valence-corrected chi connectivity index (χ4v) is 3.82. The average molecular weight is 437 g/mol. The number of unbranched alkanes of at least 4 members (excludes halogenated alkanes) is 8. The van der Waals surface area contributed by atoms with Gasteiger partial charge in [-0.15, -0.1) is 6.58 Å². The van der Waals surface area contributed by atoms with Crippen LogP contribution in [0.15, 0.2) is 49.3 Å². The van der Waals surface area contributed by atoms with Gasteiger partial charge in [-0.25, -0.2) is 9.97 Å².